The van der Waals surface area contributed by atoms with E-state index in [9.17, 15) is 4.79 Å². The summed E-state index contributed by atoms with van der Waals surface area (Å²) in [5.74, 6) is 0.304. The molecule has 2 N–H and O–H groups in total. The summed E-state index contributed by atoms with van der Waals surface area (Å²) in [6, 6.07) is 19.2. The first-order valence-corrected chi connectivity index (χ1v) is 12.6. The van der Waals surface area contributed by atoms with E-state index in [2.05, 4.69) is 103 Å². The molecule has 1 aliphatic carbocycles. The minimum absolute atomic E-state index is 0.119. The predicted octanol–water partition coefficient (Wildman–Crippen LogP) is 6.96. The van der Waals surface area contributed by atoms with E-state index in [-0.39, 0.29) is 11.7 Å². The number of rotatable bonds is 8. The van der Waals surface area contributed by atoms with Crippen molar-refractivity contribution in [2.24, 2.45) is 5.92 Å². The van der Waals surface area contributed by atoms with Crippen LogP contribution in [-0.4, -0.2) is 36.8 Å². The summed E-state index contributed by atoms with van der Waals surface area (Å²) in [6.07, 6.45) is 3.68. The molecule has 0 radical (unpaired) electrons. The second kappa shape index (κ2) is 9.75. The number of hydrogen-bond donors (Lipinski definition) is 2. The first kappa shape index (κ1) is 24.0. The molecule has 5 nitrogen and oxygen atoms in total. The Bertz CT molecular complexity index is 1440. The van der Waals surface area contributed by atoms with E-state index in [1.165, 1.54) is 16.7 Å². The number of fused-ring (bicyclic) bond motifs is 1. The Morgan fingerprint density at radius 2 is 1.75 bits per heavy atom. The van der Waals surface area contributed by atoms with Crippen molar-refractivity contribution < 1.29 is 4.79 Å². The van der Waals surface area contributed by atoms with Gasteiger partial charge in [-0.3, -0.25) is 9.78 Å². The highest BCUT2D eigenvalue weighted by Crippen LogP contribution is 2.39. The Balaban J connectivity index is 1.62. The maximum absolute atomic E-state index is 13.3. The standard InChI is InChI=1S/C31H34N4O/c1-19-14-24(16-29(32-3)20(19)2)23-10-13-28-26(15-23)30(27(17-33-28)31(36)22-8-9-22)34-25-11-6-21(7-12-25)18-35(4)5/h6-7,10-17,22,32H,8-9,18H2,1-5H3,(H,33,34). The number of hydrogen-bond acceptors (Lipinski definition) is 5. The number of ketones is 1. The number of carbonyl (C=O) groups excluding carboxylic acids is 1. The van der Waals surface area contributed by atoms with Crippen LogP contribution in [0.1, 0.15) is 39.9 Å². The van der Waals surface area contributed by atoms with Crippen LogP contribution in [0.3, 0.4) is 0 Å². The maximum atomic E-state index is 13.3. The van der Waals surface area contributed by atoms with Gasteiger partial charge in [0.1, 0.15) is 0 Å². The number of anilines is 3. The van der Waals surface area contributed by atoms with Crippen molar-refractivity contribution in [1.82, 2.24) is 9.88 Å². The highest BCUT2D eigenvalue weighted by molar-refractivity contribution is 6.11. The Labute approximate surface area is 213 Å². The topological polar surface area (TPSA) is 57.3 Å². The van der Waals surface area contributed by atoms with Crippen LogP contribution < -0.4 is 10.6 Å². The molecule has 36 heavy (non-hydrogen) atoms. The fourth-order valence-electron chi connectivity index (χ4n) is 4.75. The van der Waals surface area contributed by atoms with Crippen LogP contribution in [0.15, 0.2) is 60.8 Å². The van der Waals surface area contributed by atoms with Crippen LogP contribution in [0.2, 0.25) is 0 Å². The Hall–Kier alpha value is -3.70. The van der Waals surface area contributed by atoms with Gasteiger partial charge < -0.3 is 15.5 Å². The van der Waals surface area contributed by atoms with Gasteiger partial charge in [-0.1, -0.05) is 24.3 Å². The SMILES string of the molecule is CNc1cc(-c2ccc3ncc(C(=O)C4CC4)c(Nc4ccc(CN(C)C)cc4)c3c2)cc(C)c1C. The van der Waals surface area contributed by atoms with Crippen molar-refractivity contribution in [3.05, 3.63) is 83.0 Å². The average molecular weight is 479 g/mol. The van der Waals surface area contributed by atoms with E-state index in [1.807, 2.05) is 7.05 Å². The van der Waals surface area contributed by atoms with Gasteiger partial charge in [0.2, 0.25) is 0 Å². The lowest BCUT2D eigenvalue weighted by molar-refractivity contribution is 0.0968. The van der Waals surface area contributed by atoms with E-state index in [0.717, 1.165) is 58.5 Å². The first-order valence-electron chi connectivity index (χ1n) is 12.6. The minimum atomic E-state index is 0.119. The molecule has 1 aliphatic rings. The molecule has 0 aliphatic heterocycles. The summed E-state index contributed by atoms with van der Waals surface area (Å²) in [5, 5.41) is 7.87. The number of benzene rings is 3. The van der Waals surface area contributed by atoms with Gasteiger partial charge in [0.15, 0.2) is 5.78 Å². The third kappa shape index (κ3) is 4.84. The molecule has 0 atom stereocenters. The number of aryl methyl sites for hydroxylation is 1. The Kier molecular flexibility index (Phi) is 6.50. The largest absolute Gasteiger partial charge is 0.388 e. The van der Waals surface area contributed by atoms with Crippen molar-refractivity contribution in [2.45, 2.75) is 33.2 Å². The lowest BCUT2D eigenvalue weighted by atomic mass is 9.96. The molecule has 1 heterocycles. The second-order valence-electron chi connectivity index (χ2n) is 10.2. The molecule has 0 amide bonds. The molecular formula is C31H34N4O. The van der Waals surface area contributed by atoms with Crippen molar-refractivity contribution in [3.63, 3.8) is 0 Å². The van der Waals surface area contributed by atoms with Gasteiger partial charge in [0.25, 0.3) is 0 Å². The molecule has 1 fully saturated rings. The van der Waals surface area contributed by atoms with Gasteiger partial charge in [-0.25, -0.2) is 0 Å². The van der Waals surface area contributed by atoms with Gasteiger partial charge >= 0.3 is 0 Å². The smallest absolute Gasteiger partial charge is 0.169 e. The van der Waals surface area contributed by atoms with Gasteiger partial charge in [-0.2, -0.15) is 0 Å². The average Bonchev–Trinajstić information content (AvgIpc) is 3.71. The number of carbonyl (C=O) groups is 1. The first-order chi connectivity index (χ1) is 17.3. The molecule has 0 bridgehead atoms. The normalized spacial score (nSPS) is 13.3. The van der Waals surface area contributed by atoms with Crippen molar-refractivity contribution in [3.8, 4) is 11.1 Å². The molecule has 1 aromatic heterocycles. The van der Waals surface area contributed by atoms with Crippen molar-refractivity contribution in [2.75, 3.05) is 31.8 Å². The quantitative estimate of drug-likeness (QED) is 0.268. The lowest BCUT2D eigenvalue weighted by Crippen LogP contribution is -2.10. The number of nitrogens with one attached hydrogen (secondary N) is 2. The Morgan fingerprint density at radius 1 is 1.00 bits per heavy atom. The minimum Gasteiger partial charge on any atom is -0.388 e. The molecule has 5 heteroatoms. The highest BCUT2D eigenvalue weighted by atomic mass is 16.1. The fourth-order valence-corrected chi connectivity index (χ4v) is 4.75. The predicted molar refractivity (Wildman–Crippen MR) is 150 cm³/mol. The van der Waals surface area contributed by atoms with Crippen LogP contribution >= 0.6 is 0 Å². The third-order valence-corrected chi connectivity index (χ3v) is 7.07. The molecule has 0 saturated heterocycles. The van der Waals surface area contributed by atoms with E-state index in [1.54, 1.807) is 6.20 Å². The molecule has 184 valence electrons. The lowest BCUT2D eigenvalue weighted by Gasteiger charge is -2.17. The van der Waals surface area contributed by atoms with Gasteiger partial charge in [0.05, 0.1) is 16.8 Å². The van der Waals surface area contributed by atoms with E-state index in [4.69, 9.17) is 0 Å². The number of Topliss-reactive ketones (excluding diaryl/α,β-unsaturated/α-hetero) is 1. The fraction of sp³-hybridized carbons (Fsp3) is 0.290. The summed E-state index contributed by atoms with van der Waals surface area (Å²) in [6.45, 7) is 5.16. The number of pyridine rings is 1. The molecule has 5 rings (SSSR count). The van der Waals surface area contributed by atoms with Gasteiger partial charge in [-0.15, -0.1) is 0 Å². The van der Waals surface area contributed by atoms with E-state index < -0.39 is 0 Å². The van der Waals surface area contributed by atoms with E-state index >= 15 is 0 Å². The number of aromatic nitrogens is 1. The number of nitrogens with zero attached hydrogens (tertiary/aromatic N) is 2. The zero-order valence-electron chi connectivity index (χ0n) is 21.8. The van der Waals surface area contributed by atoms with Gasteiger partial charge in [-0.05, 0) is 98.9 Å². The van der Waals surface area contributed by atoms with Crippen LogP contribution in [0.25, 0.3) is 22.0 Å². The Morgan fingerprint density at radius 3 is 2.42 bits per heavy atom. The summed E-state index contributed by atoms with van der Waals surface area (Å²) < 4.78 is 0. The zero-order chi connectivity index (χ0) is 25.4. The van der Waals surface area contributed by atoms with Crippen LogP contribution in [-0.2, 0) is 6.54 Å². The summed E-state index contributed by atoms with van der Waals surface area (Å²) in [4.78, 5) is 20.1. The molecule has 1 saturated carbocycles. The van der Waals surface area contributed by atoms with Crippen molar-refractivity contribution in [1.29, 1.82) is 0 Å². The second-order valence-corrected chi connectivity index (χ2v) is 10.2. The zero-order valence-corrected chi connectivity index (χ0v) is 21.8. The van der Waals surface area contributed by atoms with E-state index in [0.29, 0.717) is 5.56 Å². The molecule has 0 unspecified atom stereocenters. The molecular weight excluding hydrogens is 444 g/mol. The van der Waals surface area contributed by atoms with Crippen molar-refractivity contribution >= 4 is 33.7 Å². The third-order valence-electron chi connectivity index (χ3n) is 7.07. The van der Waals surface area contributed by atoms with Crippen LogP contribution in [0.4, 0.5) is 17.1 Å². The molecule has 3 aromatic carbocycles. The summed E-state index contributed by atoms with van der Waals surface area (Å²) in [5.41, 5.74) is 10.5. The molecule has 0 spiro atoms. The molecule has 4 aromatic rings. The van der Waals surface area contributed by atoms with Gasteiger partial charge in [0, 0.05) is 42.5 Å². The monoisotopic (exact) mass is 478 g/mol. The maximum Gasteiger partial charge on any atom is 0.169 e. The summed E-state index contributed by atoms with van der Waals surface area (Å²) in [7, 11) is 6.09. The summed E-state index contributed by atoms with van der Waals surface area (Å²) >= 11 is 0. The highest BCUT2D eigenvalue weighted by Gasteiger charge is 2.32. The van der Waals surface area contributed by atoms with Crippen LogP contribution in [0, 0.1) is 19.8 Å². The van der Waals surface area contributed by atoms with Crippen LogP contribution in [0.5, 0.6) is 0 Å².